The number of hydrogen-bond donors (Lipinski definition) is 1. The van der Waals surface area contributed by atoms with Crippen molar-refractivity contribution < 1.29 is 23.9 Å². The highest BCUT2D eigenvalue weighted by molar-refractivity contribution is 6.23. The van der Waals surface area contributed by atoms with E-state index < -0.39 is 18.5 Å². The summed E-state index contributed by atoms with van der Waals surface area (Å²) in [5.74, 6) is -1.96. The standard InChI is InChI=1S/C25H22N2O5/c1-14-4-2-6-18(10-14)26-20(28)13-32-25(31)17-5-3-7-19(12-17)27-23(29)21-15-8-9-16(11-15)22(21)24(27)30/h2-10,12,15-16,21-22H,11,13H2,1H3,(H,26,28)/t15-,16-,21-,22+/m0/s1. The van der Waals surface area contributed by atoms with Gasteiger partial charge in [0.05, 0.1) is 23.1 Å². The van der Waals surface area contributed by atoms with Crippen LogP contribution in [0.5, 0.6) is 0 Å². The number of rotatable bonds is 5. The maximum Gasteiger partial charge on any atom is 0.338 e. The molecule has 1 heterocycles. The van der Waals surface area contributed by atoms with Gasteiger partial charge in [-0.05, 0) is 61.1 Å². The zero-order valence-corrected chi connectivity index (χ0v) is 17.5. The molecule has 2 aliphatic carbocycles. The van der Waals surface area contributed by atoms with E-state index in [0.717, 1.165) is 12.0 Å². The summed E-state index contributed by atoms with van der Waals surface area (Å²) in [6.45, 7) is 1.46. The third-order valence-corrected chi connectivity index (χ3v) is 6.45. The third kappa shape index (κ3) is 3.39. The summed E-state index contributed by atoms with van der Waals surface area (Å²) in [4.78, 5) is 51.8. The zero-order valence-electron chi connectivity index (χ0n) is 17.5. The van der Waals surface area contributed by atoms with Crippen molar-refractivity contribution in [3.05, 3.63) is 71.8 Å². The van der Waals surface area contributed by atoms with Crippen molar-refractivity contribution in [1.82, 2.24) is 0 Å². The Labute approximate surface area is 185 Å². The largest absolute Gasteiger partial charge is 0.452 e. The zero-order chi connectivity index (χ0) is 22.4. The molecule has 0 spiro atoms. The van der Waals surface area contributed by atoms with Gasteiger partial charge in [-0.25, -0.2) is 9.69 Å². The molecular formula is C25H22N2O5. The number of ether oxygens (including phenoxy) is 1. The van der Waals surface area contributed by atoms with Gasteiger partial charge in [0, 0.05) is 5.69 Å². The number of aryl methyl sites for hydroxylation is 1. The van der Waals surface area contributed by atoms with E-state index in [0.29, 0.717) is 11.4 Å². The number of nitrogens with one attached hydrogen (secondary N) is 1. The predicted octanol–water partition coefficient (Wildman–Crippen LogP) is 3.10. The highest BCUT2D eigenvalue weighted by Gasteiger charge is 2.59. The molecule has 7 heteroatoms. The molecule has 0 unspecified atom stereocenters. The second kappa shape index (κ2) is 7.75. The number of amides is 3. The van der Waals surface area contributed by atoms with Gasteiger partial charge < -0.3 is 10.1 Å². The van der Waals surface area contributed by atoms with E-state index in [1.807, 2.05) is 37.3 Å². The number of carbonyl (C=O) groups excluding carboxylic acids is 4. The van der Waals surface area contributed by atoms with Crippen LogP contribution in [0.4, 0.5) is 11.4 Å². The number of benzene rings is 2. The van der Waals surface area contributed by atoms with Crippen molar-refractivity contribution in [2.75, 3.05) is 16.8 Å². The fraction of sp³-hybridized carbons (Fsp3) is 0.280. The van der Waals surface area contributed by atoms with Crippen molar-refractivity contribution in [2.24, 2.45) is 23.7 Å². The van der Waals surface area contributed by atoms with E-state index >= 15 is 0 Å². The molecule has 1 saturated heterocycles. The summed E-state index contributed by atoms with van der Waals surface area (Å²) in [5, 5.41) is 2.67. The van der Waals surface area contributed by atoms with Crippen molar-refractivity contribution in [2.45, 2.75) is 13.3 Å². The minimum atomic E-state index is -0.702. The van der Waals surface area contributed by atoms with Crippen LogP contribution in [0.15, 0.2) is 60.7 Å². The van der Waals surface area contributed by atoms with Crippen LogP contribution >= 0.6 is 0 Å². The number of hydrogen-bond acceptors (Lipinski definition) is 5. The summed E-state index contributed by atoms with van der Waals surface area (Å²) >= 11 is 0. The van der Waals surface area contributed by atoms with Crippen LogP contribution in [0.2, 0.25) is 0 Å². The third-order valence-electron chi connectivity index (χ3n) is 6.45. The Bertz CT molecular complexity index is 1140. The van der Waals surface area contributed by atoms with Gasteiger partial charge in [-0.15, -0.1) is 0 Å². The lowest BCUT2D eigenvalue weighted by Gasteiger charge is -2.18. The van der Waals surface area contributed by atoms with Gasteiger partial charge in [-0.3, -0.25) is 14.4 Å². The number of fused-ring (bicyclic) bond motifs is 5. The van der Waals surface area contributed by atoms with Crippen LogP contribution in [0.3, 0.4) is 0 Å². The molecule has 1 aliphatic heterocycles. The molecule has 2 aromatic rings. The fourth-order valence-corrected chi connectivity index (χ4v) is 5.06. The van der Waals surface area contributed by atoms with Crippen molar-refractivity contribution in [3.8, 4) is 0 Å². The number of anilines is 2. The van der Waals surface area contributed by atoms with E-state index in [-0.39, 0.29) is 41.0 Å². The lowest BCUT2D eigenvalue weighted by molar-refractivity contribution is -0.123. The van der Waals surface area contributed by atoms with E-state index in [2.05, 4.69) is 5.32 Å². The number of imide groups is 1. The fourth-order valence-electron chi connectivity index (χ4n) is 5.06. The Morgan fingerprint density at radius 2 is 1.69 bits per heavy atom. The van der Waals surface area contributed by atoms with Gasteiger partial charge in [0.1, 0.15) is 0 Å². The van der Waals surface area contributed by atoms with Crippen molar-refractivity contribution >= 4 is 35.1 Å². The molecule has 3 amide bonds. The van der Waals surface area contributed by atoms with Crippen LogP contribution < -0.4 is 10.2 Å². The Morgan fingerprint density at radius 1 is 1.00 bits per heavy atom. The average molecular weight is 430 g/mol. The van der Waals surface area contributed by atoms with Gasteiger partial charge in [-0.2, -0.15) is 0 Å². The first-order chi connectivity index (χ1) is 15.4. The van der Waals surface area contributed by atoms with E-state index in [4.69, 9.17) is 4.74 Å². The number of allylic oxidation sites excluding steroid dienone is 2. The molecule has 3 aliphatic rings. The quantitative estimate of drug-likeness (QED) is 0.447. The molecule has 0 aromatic heterocycles. The van der Waals surface area contributed by atoms with Gasteiger partial charge >= 0.3 is 5.97 Å². The summed E-state index contributed by atoms with van der Waals surface area (Å²) in [7, 11) is 0. The van der Waals surface area contributed by atoms with Crippen LogP contribution in [0, 0.1) is 30.6 Å². The van der Waals surface area contributed by atoms with Gasteiger partial charge in [0.15, 0.2) is 6.61 Å². The minimum Gasteiger partial charge on any atom is -0.452 e. The van der Waals surface area contributed by atoms with Crippen LogP contribution in [0.1, 0.15) is 22.3 Å². The Morgan fingerprint density at radius 3 is 2.38 bits per heavy atom. The molecule has 2 fully saturated rings. The Hall–Kier alpha value is -3.74. The van der Waals surface area contributed by atoms with Crippen LogP contribution in [0.25, 0.3) is 0 Å². The maximum atomic E-state index is 13.0. The first-order valence-electron chi connectivity index (χ1n) is 10.6. The molecule has 4 atom stereocenters. The van der Waals surface area contributed by atoms with Crippen molar-refractivity contribution in [1.29, 1.82) is 0 Å². The van der Waals surface area contributed by atoms with E-state index in [9.17, 15) is 19.2 Å². The number of nitrogens with zero attached hydrogens (tertiary/aromatic N) is 1. The molecule has 32 heavy (non-hydrogen) atoms. The molecule has 7 nitrogen and oxygen atoms in total. The summed E-state index contributed by atoms with van der Waals surface area (Å²) < 4.78 is 5.13. The van der Waals surface area contributed by atoms with Crippen LogP contribution in [-0.2, 0) is 19.1 Å². The van der Waals surface area contributed by atoms with E-state index in [1.54, 1.807) is 18.2 Å². The first-order valence-corrected chi connectivity index (χ1v) is 10.6. The van der Waals surface area contributed by atoms with Gasteiger partial charge in [-0.1, -0.05) is 30.4 Å². The molecule has 1 saturated carbocycles. The average Bonchev–Trinajstić information content (AvgIpc) is 3.46. The maximum absolute atomic E-state index is 13.0. The predicted molar refractivity (Wildman–Crippen MR) is 117 cm³/mol. The summed E-state index contributed by atoms with van der Waals surface area (Å²) in [6.07, 6.45) is 4.93. The van der Waals surface area contributed by atoms with Crippen molar-refractivity contribution in [3.63, 3.8) is 0 Å². The summed E-state index contributed by atoms with van der Waals surface area (Å²) in [6, 6.07) is 13.5. The number of esters is 1. The molecule has 0 radical (unpaired) electrons. The second-order valence-electron chi connectivity index (χ2n) is 8.56. The SMILES string of the molecule is Cc1cccc(NC(=O)COC(=O)c2cccc(N3C(=O)[C@@H]4[C@H](C3=O)[C@H]3C=C[C@H]4C3)c2)c1. The monoisotopic (exact) mass is 430 g/mol. The lowest BCUT2D eigenvalue weighted by Crippen LogP contribution is -2.33. The Kier molecular flexibility index (Phi) is 4.89. The molecule has 162 valence electrons. The first kappa shape index (κ1) is 20.2. The van der Waals surface area contributed by atoms with E-state index in [1.165, 1.54) is 17.0 Å². The topological polar surface area (TPSA) is 92.8 Å². The molecular weight excluding hydrogens is 408 g/mol. The normalized spacial score (nSPS) is 25.2. The highest BCUT2D eigenvalue weighted by Crippen LogP contribution is 2.53. The molecule has 1 N–H and O–H groups in total. The summed E-state index contributed by atoms with van der Waals surface area (Å²) in [5.41, 5.74) is 2.14. The van der Waals surface area contributed by atoms with Gasteiger partial charge in [0.2, 0.25) is 11.8 Å². The second-order valence-corrected chi connectivity index (χ2v) is 8.56. The Balaban J connectivity index is 1.25. The molecule has 5 rings (SSSR count). The number of carbonyl (C=O) groups is 4. The highest BCUT2D eigenvalue weighted by atomic mass is 16.5. The lowest BCUT2D eigenvalue weighted by atomic mass is 9.85. The van der Waals surface area contributed by atoms with Crippen LogP contribution in [-0.4, -0.2) is 30.3 Å². The smallest absolute Gasteiger partial charge is 0.338 e. The molecule has 2 bridgehead atoms. The van der Waals surface area contributed by atoms with Gasteiger partial charge in [0.25, 0.3) is 5.91 Å². The molecule has 2 aromatic carbocycles. The minimum absolute atomic E-state index is 0.117.